The second-order valence-corrected chi connectivity index (χ2v) is 7.56. The van der Waals surface area contributed by atoms with E-state index >= 15 is 0 Å². The summed E-state index contributed by atoms with van der Waals surface area (Å²) >= 11 is 0. The summed E-state index contributed by atoms with van der Waals surface area (Å²) in [6.07, 6.45) is -6.08. The minimum absolute atomic E-state index is 1.15. The lowest BCUT2D eigenvalue weighted by Gasteiger charge is -2.35. The zero-order chi connectivity index (χ0) is 22.1. The second kappa shape index (κ2) is 7.63. The first-order chi connectivity index (χ1) is 11.7. The number of rotatable bonds is 7. The monoisotopic (exact) mass is 431 g/mol. The highest BCUT2D eigenvalue weighted by molar-refractivity contribution is 7.86. The van der Waals surface area contributed by atoms with Crippen molar-refractivity contribution in [3.05, 3.63) is 12.4 Å². The van der Waals surface area contributed by atoms with Crippen molar-refractivity contribution in [2.45, 2.75) is 43.5 Å². The zero-order valence-electron chi connectivity index (χ0n) is 14.0. The number of ether oxygens (including phenoxy) is 2. The molecule has 0 spiro atoms. The average Bonchev–Trinajstić information content (AvgIpc) is 2.38. The molecule has 0 fully saturated rings. The normalized spacial score (nSPS) is 15.6. The fraction of sp³-hybridized carbons (Fsp3) is 0.667. The molecular formula is C12H15F6NO7S. The highest BCUT2D eigenvalue weighted by Crippen LogP contribution is 2.38. The fourth-order valence-corrected chi connectivity index (χ4v) is 1.49. The number of carbonyl (C=O) groups excluding carboxylic acids is 2. The van der Waals surface area contributed by atoms with Gasteiger partial charge in [-0.15, -0.1) is 0 Å². The molecule has 0 heterocycles. The summed E-state index contributed by atoms with van der Waals surface area (Å²) in [5.41, 5.74) is -1.46. The third kappa shape index (κ3) is 6.35. The summed E-state index contributed by atoms with van der Waals surface area (Å²) in [4.78, 5) is 23.2. The maximum absolute atomic E-state index is 13.4. The van der Waals surface area contributed by atoms with Gasteiger partial charge < -0.3 is 14.8 Å². The van der Waals surface area contributed by atoms with Crippen LogP contribution in [0.1, 0.15) is 20.8 Å². The van der Waals surface area contributed by atoms with Crippen molar-refractivity contribution in [3.8, 4) is 0 Å². The van der Waals surface area contributed by atoms with Crippen molar-refractivity contribution in [2.24, 2.45) is 0 Å². The van der Waals surface area contributed by atoms with Crippen LogP contribution < -0.4 is 5.32 Å². The molecule has 158 valence electrons. The van der Waals surface area contributed by atoms with Crippen molar-refractivity contribution >= 4 is 22.0 Å². The number of halogens is 6. The first-order valence-corrected chi connectivity index (χ1v) is 8.06. The molecule has 8 nitrogen and oxygen atoms in total. The van der Waals surface area contributed by atoms with Crippen LogP contribution in [0.5, 0.6) is 0 Å². The van der Waals surface area contributed by atoms with Gasteiger partial charge >= 0.3 is 39.2 Å². The van der Waals surface area contributed by atoms with Gasteiger partial charge in [0.05, 0.1) is 0 Å². The molecule has 0 aromatic carbocycles. The van der Waals surface area contributed by atoms with Crippen LogP contribution in [0.15, 0.2) is 12.4 Å². The molecule has 0 aliphatic carbocycles. The molecule has 0 aromatic heterocycles. The minimum atomic E-state index is -6.27. The van der Waals surface area contributed by atoms with Gasteiger partial charge in [-0.1, -0.05) is 6.58 Å². The molecule has 1 atom stereocenters. The van der Waals surface area contributed by atoms with Gasteiger partial charge in [-0.05, 0) is 20.8 Å². The topological polar surface area (TPSA) is 119 Å². The number of alkyl halides is 5. The van der Waals surface area contributed by atoms with Gasteiger partial charge in [-0.2, -0.15) is 34.8 Å². The van der Waals surface area contributed by atoms with Gasteiger partial charge in [0.15, 0.2) is 0 Å². The molecule has 1 amide bonds. The molecule has 1 unspecified atom stereocenters. The lowest BCUT2D eigenvalue weighted by Crippen LogP contribution is -2.64. The lowest BCUT2D eigenvalue weighted by molar-refractivity contribution is -0.353. The summed E-state index contributed by atoms with van der Waals surface area (Å²) in [6, 6.07) is 0. The van der Waals surface area contributed by atoms with E-state index in [4.69, 9.17) is 4.55 Å². The first kappa shape index (κ1) is 25.1. The quantitative estimate of drug-likeness (QED) is 0.207. The van der Waals surface area contributed by atoms with Crippen LogP contribution in [0, 0.1) is 0 Å². The highest BCUT2D eigenvalue weighted by Gasteiger charge is 2.68. The van der Waals surface area contributed by atoms with Crippen molar-refractivity contribution in [2.75, 3.05) is 6.61 Å². The van der Waals surface area contributed by atoms with Gasteiger partial charge in [0.2, 0.25) is 5.83 Å². The molecule has 0 saturated heterocycles. The van der Waals surface area contributed by atoms with Crippen LogP contribution in [-0.2, 0) is 29.2 Å². The van der Waals surface area contributed by atoms with E-state index in [0.717, 1.165) is 20.8 Å². The minimum Gasteiger partial charge on any atom is -0.410 e. The maximum Gasteiger partial charge on any atom is 0.466 e. The molecule has 0 bridgehead atoms. The number of hydrogen-bond donors (Lipinski definition) is 2. The molecule has 0 rings (SSSR count). The van der Waals surface area contributed by atoms with E-state index in [1.807, 2.05) is 0 Å². The molecule has 0 aliphatic rings. The van der Waals surface area contributed by atoms with Gasteiger partial charge in [-0.3, -0.25) is 9.35 Å². The predicted molar refractivity (Wildman–Crippen MR) is 75.5 cm³/mol. The second-order valence-electron chi connectivity index (χ2n) is 6.01. The number of carbonyl (C=O) groups is 2. The summed E-state index contributed by atoms with van der Waals surface area (Å²) < 4.78 is 116. The number of esters is 1. The SMILES string of the molecule is C=C(F)C(=O)OC(OCC(F)(F)S(=O)(=O)O)(C(=O)NC(C)(C)C)C(F)(F)F. The standard InChI is InChI=1S/C12H15F6NO7S/c1-6(13)7(20)26-11(12(16,17)18,8(21)19-9(2,3)4)25-5-10(14,15)27(22,23)24/h1,5H2,2-4H3,(H,19,21)(H,22,23,24). The Kier molecular flexibility index (Phi) is 7.10. The first-order valence-electron chi connectivity index (χ1n) is 6.62. The van der Waals surface area contributed by atoms with Crippen molar-refractivity contribution in [1.29, 1.82) is 0 Å². The summed E-state index contributed by atoms with van der Waals surface area (Å²) in [5, 5.41) is -3.71. The van der Waals surface area contributed by atoms with Crippen LogP contribution in [0.4, 0.5) is 26.3 Å². The fourth-order valence-electron chi connectivity index (χ4n) is 1.28. The van der Waals surface area contributed by atoms with E-state index in [0.29, 0.717) is 0 Å². The summed E-state index contributed by atoms with van der Waals surface area (Å²) in [5.74, 6) is -11.9. The third-order valence-electron chi connectivity index (χ3n) is 2.44. The summed E-state index contributed by atoms with van der Waals surface area (Å²) in [7, 11) is -6.27. The van der Waals surface area contributed by atoms with Crippen molar-refractivity contribution in [3.63, 3.8) is 0 Å². The zero-order valence-corrected chi connectivity index (χ0v) is 14.8. The van der Waals surface area contributed by atoms with Crippen LogP contribution in [0.25, 0.3) is 0 Å². The Morgan fingerprint density at radius 1 is 1.11 bits per heavy atom. The number of amides is 1. The molecule has 27 heavy (non-hydrogen) atoms. The van der Waals surface area contributed by atoms with E-state index in [2.05, 4.69) is 16.1 Å². The molecule has 0 saturated carbocycles. The van der Waals surface area contributed by atoms with E-state index < -0.39 is 57.2 Å². The van der Waals surface area contributed by atoms with E-state index in [9.17, 15) is 44.3 Å². The summed E-state index contributed by atoms with van der Waals surface area (Å²) in [6.45, 7) is 3.00. The molecular weight excluding hydrogens is 416 g/mol. The van der Waals surface area contributed by atoms with E-state index in [1.54, 1.807) is 5.32 Å². The molecule has 0 radical (unpaired) electrons. The Hall–Kier alpha value is -1.87. The third-order valence-corrected chi connectivity index (χ3v) is 3.31. The van der Waals surface area contributed by atoms with Crippen molar-refractivity contribution in [1.82, 2.24) is 5.32 Å². The Bertz CT molecular complexity index is 713. The largest absolute Gasteiger partial charge is 0.466 e. The smallest absolute Gasteiger partial charge is 0.410 e. The average molecular weight is 431 g/mol. The number of nitrogens with one attached hydrogen (secondary N) is 1. The molecule has 15 heteroatoms. The lowest BCUT2D eigenvalue weighted by atomic mass is 10.1. The molecule has 2 N–H and O–H groups in total. The van der Waals surface area contributed by atoms with Crippen molar-refractivity contribution < 1.29 is 58.4 Å². The van der Waals surface area contributed by atoms with E-state index in [-0.39, 0.29) is 0 Å². The van der Waals surface area contributed by atoms with Crippen LogP contribution in [-0.4, -0.2) is 54.2 Å². The molecule has 0 aliphatic heterocycles. The number of hydrogen-bond acceptors (Lipinski definition) is 6. The highest BCUT2D eigenvalue weighted by atomic mass is 32.2. The van der Waals surface area contributed by atoms with Gasteiger partial charge in [0.25, 0.3) is 0 Å². The Morgan fingerprint density at radius 3 is 1.85 bits per heavy atom. The van der Waals surface area contributed by atoms with Gasteiger partial charge in [0.1, 0.15) is 6.61 Å². The Labute approximate surface area is 149 Å². The Morgan fingerprint density at radius 2 is 1.56 bits per heavy atom. The van der Waals surface area contributed by atoms with E-state index in [1.165, 1.54) is 0 Å². The van der Waals surface area contributed by atoms with Crippen LogP contribution in [0.2, 0.25) is 0 Å². The molecule has 0 aromatic rings. The maximum atomic E-state index is 13.4. The van der Waals surface area contributed by atoms with Gasteiger partial charge in [-0.25, -0.2) is 4.79 Å². The van der Waals surface area contributed by atoms with Crippen LogP contribution >= 0.6 is 0 Å². The predicted octanol–water partition coefficient (Wildman–Crippen LogP) is 1.68. The Balaban J connectivity index is 6.27. The van der Waals surface area contributed by atoms with Gasteiger partial charge in [0, 0.05) is 5.54 Å². The van der Waals surface area contributed by atoms with Crippen LogP contribution in [0.3, 0.4) is 0 Å².